The van der Waals surface area contributed by atoms with Crippen LogP contribution in [-0.2, 0) is 16.0 Å². The van der Waals surface area contributed by atoms with Crippen molar-refractivity contribution in [1.82, 2.24) is 10.1 Å². The molecule has 2 atom stereocenters. The van der Waals surface area contributed by atoms with Crippen molar-refractivity contribution >= 4 is 23.6 Å². The molecule has 2 rings (SSSR count). The van der Waals surface area contributed by atoms with Crippen molar-refractivity contribution in [1.29, 1.82) is 0 Å². The fourth-order valence-corrected chi connectivity index (χ4v) is 3.99. The number of hydrogen-bond donors (Lipinski definition) is 1. The Bertz CT molecular complexity index is 524. The van der Waals surface area contributed by atoms with E-state index >= 15 is 0 Å². The number of rotatable bonds is 5. The summed E-state index contributed by atoms with van der Waals surface area (Å²) < 4.78 is 5.08. The number of thioether (sulfide) groups is 1. The largest absolute Gasteiger partial charge is 0.480 e. The molecular formula is C14H20N2O4S. The number of hydrogen-bond acceptors (Lipinski definition) is 5. The highest BCUT2D eigenvalue weighted by molar-refractivity contribution is 8.00. The van der Waals surface area contributed by atoms with Crippen LogP contribution in [0.3, 0.4) is 0 Å². The van der Waals surface area contributed by atoms with E-state index < -0.39 is 12.0 Å². The van der Waals surface area contributed by atoms with Gasteiger partial charge in [-0.25, -0.2) is 4.79 Å². The molecule has 1 aromatic rings. The van der Waals surface area contributed by atoms with Gasteiger partial charge < -0.3 is 14.5 Å². The number of carbonyl (C=O) groups excluding carboxylic acids is 1. The highest BCUT2D eigenvalue weighted by atomic mass is 32.2. The second kappa shape index (κ2) is 6.51. The highest BCUT2D eigenvalue weighted by Crippen LogP contribution is 2.32. The molecule has 1 N–H and O–H groups in total. The number of aliphatic carboxylic acids is 1. The fourth-order valence-electron chi connectivity index (χ4n) is 2.62. The fraction of sp³-hybridized carbons (Fsp3) is 0.643. The first-order valence-electron chi connectivity index (χ1n) is 7.03. The summed E-state index contributed by atoms with van der Waals surface area (Å²) in [6.45, 7) is 5.63. The molecule has 0 spiro atoms. The number of aromatic nitrogens is 1. The Morgan fingerprint density at radius 3 is 2.71 bits per heavy atom. The summed E-state index contributed by atoms with van der Waals surface area (Å²) in [6.07, 6.45) is 1.57. The van der Waals surface area contributed by atoms with E-state index in [-0.39, 0.29) is 17.7 Å². The van der Waals surface area contributed by atoms with Crippen LogP contribution < -0.4 is 0 Å². The average Bonchev–Trinajstić information content (AvgIpc) is 3.01. The van der Waals surface area contributed by atoms with E-state index in [4.69, 9.17) is 4.52 Å². The van der Waals surface area contributed by atoms with Crippen molar-refractivity contribution in [3.63, 3.8) is 0 Å². The molecule has 0 bridgehead atoms. The van der Waals surface area contributed by atoms with Gasteiger partial charge in [0.1, 0.15) is 11.8 Å². The number of nitrogens with zero attached hydrogens (tertiary/aromatic N) is 2. The van der Waals surface area contributed by atoms with Gasteiger partial charge in [-0.05, 0) is 26.7 Å². The summed E-state index contributed by atoms with van der Waals surface area (Å²) in [7, 11) is 0. The molecule has 1 saturated heterocycles. The Kier molecular flexibility index (Phi) is 4.92. The number of carboxylic acid groups (broad SMARTS) is 1. The van der Waals surface area contributed by atoms with Crippen molar-refractivity contribution < 1.29 is 19.2 Å². The molecule has 0 saturated carbocycles. The molecular weight excluding hydrogens is 292 g/mol. The maximum absolute atomic E-state index is 12.4. The molecule has 0 aromatic carbocycles. The third kappa shape index (κ3) is 3.23. The zero-order valence-electron chi connectivity index (χ0n) is 12.5. The molecule has 7 heteroatoms. The van der Waals surface area contributed by atoms with Crippen LogP contribution in [0.2, 0.25) is 0 Å². The third-order valence-electron chi connectivity index (χ3n) is 3.78. The number of amides is 1. The Morgan fingerprint density at radius 1 is 1.48 bits per heavy atom. The van der Waals surface area contributed by atoms with Gasteiger partial charge >= 0.3 is 5.97 Å². The molecule has 1 aromatic heterocycles. The lowest BCUT2D eigenvalue weighted by Gasteiger charge is -2.26. The van der Waals surface area contributed by atoms with Crippen molar-refractivity contribution in [3.05, 3.63) is 17.0 Å². The smallest absolute Gasteiger partial charge is 0.327 e. The lowest BCUT2D eigenvalue weighted by Crippen LogP contribution is -2.45. The molecule has 0 radical (unpaired) electrons. The van der Waals surface area contributed by atoms with Crippen LogP contribution in [-0.4, -0.2) is 44.2 Å². The quantitative estimate of drug-likeness (QED) is 0.895. The predicted octanol–water partition coefficient (Wildman–Crippen LogP) is 1.99. The van der Waals surface area contributed by atoms with E-state index in [0.717, 1.165) is 23.4 Å². The second-order valence-electron chi connectivity index (χ2n) is 5.15. The Hall–Kier alpha value is -1.50. The minimum Gasteiger partial charge on any atom is -0.480 e. The van der Waals surface area contributed by atoms with Gasteiger partial charge in [-0.2, -0.15) is 0 Å². The van der Waals surface area contributed by atoms with Crippen LogP contribution in [0.1, 0.15) is 36.8 Å². The molecule has 2 unspecified atom stereocenters. The molecule has 1 aliphatic heterocycles. The highest BCUT2D eigenvalue weighted by Gasteiger charge is 2.40. The molecule has 1 aliphatic rings. The minimum absolute atomic E-state index is 0.0386. The maximum Gasteiger partial charge on any atom is 0.327 e. The average molecular weight is 312 g/mol. The summed E-state index contributed by atoms with van der Waals surface area (Å²) in [5, 5.41) is 13.1. The van der Waals surface area contributed by atoms with Crippen LogP contribution >= 0.6 is 11.8 Å². The third-order valence-corrected chi connectivity index (χ3v) is 5.24. The second-order valence-corrected chi connectivity index (χ2v) is 6.36. The van der Waals surface area contributed by atoms with E-state index in [2.05, 4.69) is 5.16 Å². The van der Waals surface area contributed by atoms with Gasteiger partial charge in [0.05, 0.1) is 11.1 Å². The first-order chi connectivity index (χ1) is 9.95. The van der Waals surface area contributed by atoms with Gasteiger partial charge in [-0.3, -0.25) is 4.79 Å². The van der Waals surface area contributed by atoms with Crippen LogP contribution in [0, 0.1) is 13.8 Å². The zero-order chi connectivity index (χ0) is 15.6. The SMILES string of the molecule is CCC1SCC(C(=O)O)N1C(=O)CCc1c(C)noc1C. The molecule has 1 amide bonds. The molecule has 21 heavy (non-hydrogen) atoms. The van der Waals surface area contributed by atoms with E-state index in [1.165, 1.54) is 16.7 Å². The molecule has 0 aliphatic carbocycles. The van der Waals surface area contributed by atoms with Gasteiger partial charge in [-0.15, -0.1) is 11.8 Å². The van der Waals surface area contributed by atoms with Gasteiger partial charge in [-0.1, -0.05) is 12.1 Å². The summed E-state index contributed by atoms with van der Waals surface area (Å²) in [5.74, 6) is 0.145. The van der Waals surface area contributed by atoms with Gasteiger partial charge in [0.2, 0.25) is 5.91 Å². The van der Waals surface area contributed by atoms with Crippen LogP contribution in [0.5, 0.6) is 0 Å². The summed E-state index contributed by atoms with van der Waals surface area (Å²) in [4.78, 5) is 25.3. The number of aryl methyl sites for hydroxylation is 2. The first-order valence-corrected chi connectivity index (χ1v) is 8.07. The van der Waals surface area contributed by atoms with E-state index in [1.807, 2.05) is 20.8 Å². The Morgan fingerprint density at radius 2 is 2.19 bits per heavy atom. The van der Waals surface area contributed by atoms with E-state index in [0.29, 0.717) is 12.2 Å². The molecule has 1 fully saturated rings. The van der Waals surface area contributed by atoms with Crippen molar-refractivity contribution in [2.24, 2.45) is 0 Å². The van der Waals surface area contributed by atoms with Gasteiger partial charge in [0, 0.05) is 17.7 Å². The minimum atomic E-state index is -0.927. The summed E-state index contributed by atoms with van der Waals surface area (Å²) in [6, 6.07) is -0.711. The monoisotopic (exact) mass is 312 g/mol. The van der Waals surface area contributed by atoms with Crippen molar-refractivity contribution in [3.8, 4) is 0 Å². The molecule has 2 heterocycles. The zero-order valence-corrected chi connectivity index (χ0v) is 13.3. The lowest BCUT2D eigenvalue weighted by atomic mass is 10.1. The maximum atomic E-state index is 12.4. The van der Waals surface area contributed by atoms with Crippen molar-refractivity contribution in [2.75, 3.05) is 5.75 Å². The Labute approximate surface area is 127 Å². The summed E-state index contributed by atoms with van der Waals surface area (Å²) in [5.41, 5.74) is 1.73. The van der Waals surface area contributed by atoms with E-state index in [1.54, 1.807) is 0 Å². The predicted molar refractivity (Wildman–Crippen MR) is 79.1 cm³/mol. The normalized spacial score (nSPS) is 21.8. The lowest BCUT2D eigenvalue weighted by molar-refractivity contribution is -0.149. The number of carbonyl (C=O) groups is 2. The summed E-state index contributed by atoms with van der Waals surface area (Å²) >= 11 is 1.54. The van der Waals surface area contributed by atoms with Crippen LogP contribution in [0.25, 0.3) is 0 Å². The molecule has 6 nitrogen and oxygen atoms in total. The van der Waals surface area contributed by atoms with Gasteiger partial charge in [0.25, 0.3) is 0 Å². The van der Waals surface area contributed by atoms with Crippen LogP contribution in [0.4, 0.5) is 0 Å². The molecule has 116 valence electrons. The first kappa shape index (κ1) is 15.9. The topological polar surface area (TPSA) is 83.6 Å². The van der Waals surface area contributed by atoms with Crippen LogP contribution in [0.15, 0.2) is 4.52 Å². The Balaban J connectivity index is 2.05. The number of carboxylic acids is 1. The standard InChI is InChI=1S/C14H20N2O4S/c1-4-13-16(11(7-21-13)14(18)19)12(17)6-5-10-8(2)15-20-9(10)3/h11,13H,4-7H2,1-3H3,(H,18,19). The van der Waals surface area contributed by atoms with Crippen molar-refractivity contribution in [2.45, 2.75) is 51.4 Å². The van der Waals surface area contributed by atoms with E-state index in [9.17, 15) is 14.7 Å². The van der Waals surface area contributed by atoms with Gasteiger partial charge in [0.15, 0.2) is 0 Å².